The monoisotopic (exact) mass is 416 g/mol. The molecule has 4 aliphatic carbocycles. The molecule has 1 N–H and O–H groups in total. The molecule has 0 amide bonds. The van der Waals surface area contributed by atoms with Gasteiger partial charge in [-0.2, -0.15) is 0 Å². The third-order valence-corrected chi connectivity index (χ3v) is 11.6. The molecule has 0 bridgehead atoms. The zero-order valence-electron chi connectivity index (χ0n) is 21.1. The van der Waals surface area contributed by atoms with E-state index in [1.807, 2.05) is 0 Å². The highest BCUT2D eigenvalue weighted by Gasteiger charge is 2.61. The minimum absolute atomic E-state index is 0.0268. The van der Waals surface area contributed by atoms with E-state index in [0.29, 0.717) is 16.7 Å². The molecular weight excluding hydrogens is 364 g/mol. The van der Waals surface area contributed by atoms with Crippen molar-refractivity contribution in [3.8, 4) is 0 Å². The van der Waals surface area contributed by atoms with E-state index in [1.54, 1.807) is 0 Å². The Labute approximate surface area is 188 Å². The van der Waals surface area contributed by atoms with E-state index < -0.39 is 0 Å². The summed E-state index contributed by atoms with van der Waals surface area (Å²) in [4.78, 5) is 0. The van der Waals surface area contributed by atoms with Crippen LogP contribution in [-0.2, 0) is 0 Å². The van der Waals surface area contributed by atoms with Crippen LogP contribution < -0.4 is 0 Å². The van der Waals surface area contributed by atoms with Crippen molar-refractivity contribution in [1.82, 2.24) is 0 Å². The lowest BCUT2D eigenvalue weighted by molar-refractivity contribution is -0.145. The maximum Gasteiger partial charge on any atom is 0.0571 e. The van der Waals surface area contributed by atoms with Gasteiger partial charge in [0.25, 0.3) is 0 Å². The Morgan fingerprint density at radius 1 is 0.900 bits per heavy atom. The first-order valence-electron chi connectivity index (χ1n) is 13.9. The molecule has 0 saturated heterocycles. The summed E-state index contributed by atoms with van der Waals surface area (Å²) in [6, 6.07) is 0. The molecule has 10 atom stereocenters. The van der Waals surface area contributed by atoms with Gasteiger partial charge in [0.1, 0.15) is 0 Å². The minimum Gasteiger partial charge on any atom is -0.393 e. The topological polar surface area (TPSA) is 20.2 Å². The third kappa shape index (κ3) is 3.82. The number of aliphatic hydroxyl groups is 1. The van der Waals surface area contributed by atoms with Crippen LogP contribution in [0.3, 0.4) is 0 Å². The van der Waals surface area contributed by atoms with E-state index >= 15 is 0 Å². The number of hydrogen-bond donors (Lipinski definition) is 1. The molecule has 30 heavy (non-hydrogen) atoms. The molecule has 0 aromatic rings. The summed E-state index contributed by atoms with van der Waals surface area (Å²) in [5.74, 6) is 6.98. The van der Waals surface area contributed by atoms with Gasteiger partial charge in [-0.25, -0.2) is 0 Å². The van der Waals surface area contributed by atoms with Crippen LogP contribution in [0.4, 0.5) is 0 Å². The van der Waals surface area contributed by atoms with E-state index in [1.165, 1.54) is 64.2 Å². The lowest BCUT2D eigenvalue weighted by atomic mass is 9.43. The molecule has 0 heterocycles. The first kappa shape index (κ1) is 23.1. The first-order valence-corrected chi connectivity index (χ1v) is 13.9. The number of aliphatic hydroxyl groups excluding tert-OH is 1. The second-order valence-electron chi connectivity index (χ2n) is 13.4. The maximum atomic E-state index is 10.7. The van der Waals surface area contributed by atoms with Gasteiger partial charge in [0.2, 0.25) is 0 Å². The summed E-state index contributed by atoms with van der Waals surface area (Å²) in [6.07, 6.45) is 16.7. The summed E-state index contributed by atoms with van der Waals surface area (Å²) in [5, 5.41) is 10.7. The van der Waals surface area contributed by atoms with Gasteiger partial charge in [-0.15, -0.1) is 0 Å². The van der Waals surface area contributed by atoms with Gasteiger partial charge in [0, 0.05) is 0 Å². The predicted octanol–water partition coefficient (Wildman–Crippen LogP) is 8.10. The molecule has 0 aliphatic heterocycles. The maximum absolute atomic E-state index is 10.7. The lowest BCUT2D eigenvalue weighted by Gasteiger charge is -2.62. The fourth-order valence-electron chi connectivity index (χ4n) is 9.87. The predicted molar refractivity (Wildman–Crippen MR) is 128 cm³/mol. The highest BCUT2D eigenvalue weighted by Crippen LogP contribution is 2.68. The smallest absolute Gasteiger partial charge is 0.0571 e. The van der Waals surface area contributed by atoms with Gasteiger partial charge in [0.05, 0.1) is 6.10 Å². The molecule has 1 heteroatoms. The van der Waals surface area contributed by atoms with Gasteiger partial charge in [-0.3, -0.25) is 0 Å². The van der Waals surface area contributed by atoms with Gasteiger partial charge < -0.3 is 5.11 Å². The quantitative estimate of drug-likeness (QED) is 0.463. The van der Waals surface area contributed by atoms with Crippen LogP contribution in [0.2, 0.25) is 0 Å². The molecule has 0 aromatic carbocycles. The normalized spacial score (nSPS) is 49.4. The molecule has 4 aliphatic rings. The van der Waals surface area contributed by atoms with E-state index in [2.05, 4.69) is 41.5 Å². The molecular formula is C29H52O. The summed E-state index contributed by atoms with van der Waals surface area (Å²) < 4.78 is 0. The molecule has 4 fully saturated rings. The van der Waals surface area contributed by atoms with Crippen LogP contribution in [0.1, 0.15) is 119 Å². The lowest BCUT2D eigenvalue weighted by Crippen LogP contribution is -2.55. The van der Waals surface area contributed by atoms with Crippen molar-refractivity contribution in [2.75, 3.05) is 0 Å². The standard InChI is InChI=1S/C29H52O/c1-7-21-18-29(6)22(17-27(21)30)11-12-23-25-14-13-24(20(4)10-8-9-19(2)3)28(25,5)16-15-26(23)29/h19-27,30H,7-18H2,1-6H3/t20-,21?,22-,23+,24-,25+,26+,27-,28-,29+/m1/s1. The molecule has 174 valence electrons. The summed E-state index contributed by atoms with van der Waals surface area (Å²) >= 11 is 0. The van der Waals surface area contributed by atoms with Gasteiger partial charge >= 0.3 is 0 Å². The highest BCUT2D eigenvalue weighted by molar-refractivity contribution is 5.10. The summed E-state index contributed by atoms with van der Waals surface area (Å²) in [6.45, 7) is 15.0. The molecule has 0 spiro atoms. The average molecular weight is 417 g/mol. The molecule has 0 aromatic heterocycles. The second kappa shape index (κ2) is 8.72. The second-order valence-corrected chi connectivity index (χ2v) is 13.4. The van der Waals surface area contributed by atoms with Crippen molar-refractivity contribution in [3.63, 3.8) is 0 Å². The fraction of sp³-hybridized carbons (Fsp3) is 1.00. The van der Waals surface area contributed by atoms with Crippen molar-refractivity contribution in [1.29, 1.82) is 0 Å². The zero-order valence-corrected chi connectivity index (χ0v) is 21.1. The van der Waals surface area contributed by atoms with E-state index in [4.69, 9.17) is 0 Å². The Hall–Kier alpha value is -0.0400. The van der Waals surface area contributed by atoms with Gasteiger partial charge in [-0.1, -0.05) is 67.2 Å². The third-order valence-electron chi connectivity index (χ3n) is 11.6. The van der Waals surface area contributed by atoms with E-state index in [-0.39, 0.29) is 6.10 Å². The number of fused-ring (bicyclic) bond motifs is 5. The SMILES string of the molecule is CCC1C[C@@]2(C)[C@H](CC[C@@H]3[C@@H]2CC[C@]2(C)[C@@H]([C@H](C)CCCC(C)C)CC[C@@H]32)C[C@H]1O. The Morgan fingerprint density at radius 3 is 2.33 bits per heavy atom. The summed E-state index contributed by atoms with van der Waals surface area (Å²) in [5.41, 5.74) is 1.12. The fourth-order valence-corrected chi connectivity index (χ4v) is 9.87. The minimum atomic E-state index is -0.0268. The summed E-state index contributed by atoms with van der Waals surface area (Å²) in [7, 11) is 0. The Bertz CT molecular complexity index is 583. The van der Waals surface area contributed by atoms with E-state index in [0.717, 1.165) is 54.3 Å². The molecule has 1 unspecified atom stereocenters. The van der Waals surface area contributed by atoms with E-state index in [9.17, 15) is 5.11 Å². The highest BCUT2D eigenvalue weighted by atomic mass is 16.3. The largest absolute Gasteiger partial charge is 0.393 e. The number of rotatable bonds is 6. The van der Waals surface area contributed by atoms with Crippen LogP contribution in [0, 0.1) is 58.2 Å². The Balaban J connectivity index is 1.48. The van der Waals surface area contributed by atoms with Crippen molar-refractivity contribution >= 4 is 0 Å². The average Bonchev–Trinajstić information content (AvgIpc) is 3.05. The van der Waals surface area contributed by atoms with Crippen LogP contribution in [0.15, 0.2) is 0 Å². The molecule has 4 saturated carbocycles. The van der Waals surface area contributed by atoms with Crippen LogP contribution in [0.25, 0.3) is 0 Å². The molecule has 1 nitrogen and oxygen atoms in total. The van der Waals surface area contributed by atoms with Gasteiger partial charge in [0.15, 0.2) is 0 Å². The van der Waals surface area contributed by atoms with Crippen LogP contribution >= 0.6 is 0 Å². The Morgan fingerprint density at radius 2 is 1.63 bits per heavy atom. The van der Waals surface area contributed by atoms with Crippen molar-refractivity contribution in [2.45, 2.75) is 125 Å². The van der Waals surface area contributed by atoms with Gasteiger partial charge in [-0.05, 0) is 110 Å². The zero-order chi connectivity index (χ0) is 21.7. The first-order chi connectivity index (χ1) is 14.2. The van der Waals surface area contributed by atoms with Crippen LogP contribution in [-0.4, -0.2) is 11.2 Å². The van der Waals surface area contributed by atoms with Crippen LogP contribution in [0.5, 0.6) is 0 Å². The van der Waals surface area contributed by atoms with Crippen molar-refractivity contribution in [3.05, 3.63) is 0 Å². The molecule has 0 radical (unpaired) electrons. The Kier molecular flexibility index (Phi) is 6.72. The van der Waals surface area contributed by atoms with Crippen molar-refractivity contribution in [2.24, 2.45) is 58.2 Å². The molecule has 4 rings (SSSR count). The van der Waals surface area contributed by atoms with Crippen molar-refractivity contribution < 1.29 is 5.11 Å². The number of hydrogen-bond acceptors (Lipinski definition) is 1.